The summed E-state index contributed by atoms with van der Waals surface area (Å²) >= 11 is 0. The third-order valence-electron chi connectivity index (χ3n) is 9.13. The highest BCUT2D eigenvalue weighted by atomic mass is 16.2. The van der Waals surface area contributed by atoms with Crippen LogP contribution in [0.2, 0.25) is 0 Å². The first-order chi connectivity index (χ1) is 20.6. The van der Waals surface area contributed by atoms with Crippen LogP contribution in [0.4, 0.5) is 11.4 Å². The molecule has 2 N–H and O–H groups in total. The van der Waals surface area contributed by atoms with Crippen LogP contribution in [0.3, 0.4) is 0 Å². The van der Waals surface area contributed by atoms with Crippen LogP contribution < -0.4 is 10.6 Å². The molecule has 2 atom stereocenters. The van der Waals surface area contributed by atoms with Crippen molar-refractivity contribution in [1.29, 1.82) is 0 Å². The number of rotatable bonds is 8. The molecule has 0 saturated heterocycles. The average Bonchev–Trinajstić information content (AvgIpc) is 3.98. The summed E-state index contributed by atoms with van der Waals surface area (Å²) in [5.41, 5.74) is 5.47. The van der Waals surface area contributed by atoms with Gasteiger partial charge in [0.05, 0.1) is 11.8 Å². The number of nitrogens with one attached hydrogen (secondary N) is 2. The van der Waals surface area contributed by atoms with Crippen molar-refractivity contribution >= 4 is 23.2 Å². The van der Waals surface area contributed by atoms with Crippen molar-refractivity contribution in [2.24, 2.45) is 11.8 Å². The molecule has 2 amide bonds. The van der Waals surface area contributed by atoms with E-state index in [0.29, 0.717) is 11.4 Å². The van der Waals surface area contributed by atoms with Gasteiger partial charge in [0.25, 0.3) is 0 Å². The Morgan fingerprint density at radius 1 is 0.429 bits per heavy atom. The van der Waals surface area contributed by atoms with E-state index in [1.54, 1.807) is 0 Å². The topological polar surface area (TPSA) is 58.2 Å². The summed E-state index contributed by atoms with van der Waals surface area (Å²) in [7, 11) is 0. The van der Waals surface area contributed by atoms with Crippen LogP contribution in [-0.2, 0) is 20.4 Å². The summed E-state index contributed by atoms with van der Waals surface area (Å²) in [6.07, 6.45) is 1.54. The summed E-state index contributed by atoms with van der Waals surface area (Å²) in [4.78, 5) is 26.9. The van der Waals surface area contributed by atoms with Crippen molar-refractivity contribution in [1.82, 2.24) is 0 Å². The molecule has 2 aliphatic rings. The number of hydrogen-bond acceptors (Lipinski definition) is 2. The Balaban J connectivity index is 1.04. The Morgan fingerprint density at radius 3 is 0.952 bits per heavy atom. The molecule has 2 aliphatic carbocycles. The minimum absolute atomic E-state index is 0.00739. The molecule has 206 valence electrons. The molecule has 0 aromatic heterocycles. The maximum atomic E-state index is 13.5. The number of anilines is 2. The van der Waals surface area contributed by atoms with E-state index in [0.717, 1.165) is 35.1 Å². The average molecular weight is 549 g/mol. The highest BCUT2D eigenvalue weighted by Gasteiger charge is 2.61. The monoisotopic (exact) mass is 548 g/mol. The fourth-order valence-corrected chi connectivity index (χ4v) is 6.81. The van der Waals surface area contributed by atoms with E-state index in [4.69, 9.17) is 0 Å². The fraction of sp³-hybridized carbons (Fsp3) is 0.158. The number of carbonyl (C=O) groups is 2. The smallest absolute Gasteiger partial charge is 0.228 e. The molecular formula is C38H32N2O2. The zero-order chi connectivity index (χ0) is 28.6. The lowest BCUT2D eigenvalue weighted by molar-refractivity contribution is -0.118. The van der Waals surface area contributed by atoms with Crippen LogP contribution in [0, 0.1) is 11.8 Å². The van der Waals surface area contributed by atoms with Crippen LogP contribution in [0.1, 0.15) is 35.1 Å². The molecule has 2 saturated carbocycles. The molecule has 0 radical (unpaired) electrons. The van der Waals surface area contributed by atoms with Crippen molar-refractivity contribution in [3.05, 3.63) is 168 Å². The molecule has 42 heavy (non-hydrogen) atoms. The number of carbonyl (C=O) groups excluding carboxylic acids is 2. The SMILES string of the molecule is O=C(Nc1ccc(NC(=O)C2CC2(c2ccccc2)c2ccccc2)cc1)C1CC1(c1ccccc1)c1ccccc1. The predicted molar refractivity (Wildman–Crippen MR) is 167 cm³/mol. The first-order valence-electron chi connectivity index (χ1n) is 14.6. The predicted octanol–water partition coefficient (Wildman–Crippen LogP) is 7.58. The van der Waals surface area contributed by atoms with Crippen molar-refractivity contribution in [3.63, 3.8) is 0 Å². The third-order valence-corrected chi connectivity index (χ3v) is 9.13. The Morgan fingerprint density at radius 2 is 0.690 bits per heavy atom. The molecule has 0 spiro atoms. The van der Waals surface area contributed by atoms with E-state index >= 15 is 0 Å². The van der Waals surface area contributed by atoms with Crippen molar-refractivity contribution < 1.29 is 9.59 Å². The van der Waals surface area contributed by atoms with Crippen molar-refractivity contribution in [3.8, 4) is 0 Å². The van der Waals surface area contributed by atoms with Crippen molar-refractivity contribution in [2.45, 2.75) is 23.7 Å². The maximum absolute atomic E-state index is 13.5. The van der Waals surface area contributed by atoms with Gasteiger partial charge < -0.3 is 10.6 Å². The Labute approximate surface area is 246 Å². The minimum atomic E-state index is -0.311. The van der Waals surface area contributed by atoms with Gasteiger partial charge in [-0.05, 0) is 59.4 Å². The van der Waals surface area contributed by atoms with E-state index in [9.17, 15) is 9.59 Å². The van der Waals surface area contributed by atoms with Gasteiger partial charge in [0.2, 0.25) is 11.8 Å². The lowest BCUT2D eigenvalue weighted by Crippen LogP contribution is -2.23. The standard InChI is InChI=1S/C38H32N2O2/c41-35(33-25-37(33,27-13-5-1-6-14-27)28-15-7-2-8-16-28)39-31-21-23-32(24-22-31)40-36(42)34-26-38(34,29-17-9-3-10-18-29)30-19-11-4-12-20-30/h1-24,33-34H,25-26H2,(H,39,41)(H,40,42). The van der Waals surface area contributed by atoms with Crippen LogP contribution in [0.15, 0.2) is 146 Å². The van der Waals surface area contributed by atoms with Gasteiger partial charge >= 0.3 is 0 Å². The fourth-order valence-electron chi connectivity index (χ4n) is 6.81. The number of amides is 2. The second-order valence-corrected chi connectivity index (χ2v) is 11.5. The van der Waals surface area contributed by atoms with Gasteiger partial charge in [0.15, 0.2) is 0 Å². The highest BCUT2D eigenvalue weighted by molar-refractivity contribution is 5.99. The normalized spacial score (nSPS) is 19.3. The van der Waals surface area contributed by atoms with E-state index in [1.807, 2.05) is 97.1 Å². The zero-order valence-electron chi connectivity index (χ0n) is 23.2. The third kappa shape index (κ3) is 4.50. The van der Waals surface area contributed by atoms with Crippen molar-refractivity contribution in [2.75, 3.05) is 10.6 Å². The lowest BCUT2D eigenvalue weighted by Gasteiger charge is -2.19. The van der Waals surface area contributed by atoms with E-state index in [-0.39, 0.29) is 34.5 Å². The second-order valence-electron chi connectivity index (χ2n) is 11.5. The molecule has 5 aromatic carbocycles. The van der Waals surface area contributed by atoms with Gasteiger partial charge in [-0.3, -0.25) is 9.59 Å². The first kappa shape index (κ1) is 26.0. The molecule has 2 fully saturated rings. The van der Waals surface area contributed by atoms with Gasteiger partial charge in [-0.15, -0.1) is 0 Å². The Hall–Kier alpha value is -4.96. The first-order valence-corrected chi connectivity index (χ1v) is 14.6. The van der Waals surface area contributed by atoms with Crippen LogP contribution >= 0.6 is 0 Å². The van der Waals surface area contributed by atoms with Gasteiger partial charge in [-0.1, -0.05) is 121 Å². The molecular weight excluding hydrogens is 516 g/mol. The van der Waals surface area contributed by atoms with Crippen LogP contribution in [-0.4, -0.2) is 11.8 Å². The van der Waals surface area contributed by atoms with Gasteiger partial charge in [-0.25, -0.2) is 0 Å². The summed E-state index contributed by atoms with van der Waals surface area (Å²) in [6.45, 7) is 0. The molecule has 0 heterocycles. The lowest BCUT2D eigenvalue weighted by atomic mass is 9.85. The Bertz CT molecular complexity index is 1490. The summed E-state index contributed by atoms with van der Waals surface area (Å²) < 4.78 is 0. The van der Waals surface area contributed by atoms with Crippen LogP contribution in [0.5, 0.6) is 0 Å². The van der Waals surface area contributed by atoms with E-state index in [2.05, 4.69) is 59.2 Å². The summed E-state index contributed by atoms with van der Waals surface area (Å²) in [5.74, 6) is -0.290. The zero-order valence-corrected chi connectivity index (χ0v) is 23.2. The highest BCUT2D eigenvalue weighted by Crippen LogP contribution is 2.60. The second kappa shape index (κ2) is 10.5. The van der Waals surface area contributed by atoms with E-state index < -0.39 is 0 Å². The summed E-state index contributed by atoms with van der Waals surface area (Å²) in [5, 5.41) is 6.24. The molecule has 4 nitrogen and oxygen atoms in total. The molecule has 7 rings (SSSR count). The molecule has 0 aliphatic heterocycles. The molecule has 2 unspecified atom stereocenters. The Kier molecular flexibility index (Phi) is 6.47. The van der Waals surface area contributed by atoms with Gasteiger partial charge in [-0.2, -0.15) is 0 Å². The molecule has 5 aromatic rings. The van der Waals surface area contributed by atoms with Gasteiger partial charge in [0.1, 0.15) is 0 Å². The quantitative estimate of drug-likeness (QED) is 0.210. The van der Waals surface area contributed by atoms with Crippen LogP contribution in [0.25, 0.3) is 0 Å². The number of hydrogen-bond donors (Lipinski definition) is 2. The minimum Gasteiger partial charge on any atom is -0.326 e. The molecule has 4 heteroatoms. The molecule has 0 bridgehead atoms. The largest absolute Gasteiger partial charge is 0.326 e. The maximum Gasteiger partial charge on any atom is 0.228 e. The number of benzene rings is 5. The van der Waals surface area contributed by atoms with Gasteiger partial charge in [0, 0.05) is 22.2 Å². The summed E-state index contributed by atoms with van der Waals surface area (Å²) in [6, 6.07) is 48.6. The van der Waals surface area contributed by atoms with E-state index in [1.165, 1.54) is 0 Å².